The number of carbonyl (C=O) groups excluding carboxylic acids is 2. The maximum Gasteiger partial charge on any atom is 0.248 e. The summed E-state index contributed by atoms with van der Waals surface area (Å²) in [4.78, 5) is 31.1. The molecule has 2 aliphatic rings. The lowest BCUT2D eigenvalue weighted by molar-refractivity contribution is -0.143. The molecule has 36 heavy (non-hydrogen) atoms. The van der Waals surface area contributed by atoms with Crippen molar-refractivity contribution < 1.29 is 18.7 Å². The van der Waals surface area contributed by atoms with Crippen molar-refractivity contribution in [2.24, 2.45) is 0 Å². The molecule has 1 N–H and O–H groups in total. The van der Waals surface area contributed by atoms with E-state index in [0.717, 1.165) is 49.2 Å². The molecule has 2 atom stereocenters. The molecular weight excluding hydrogens is 480 g/mol. The first-order chi connectivity index (χ1) is 17.6. The van der Waals surface area contributed by atoms with Crippen molar-refractivity contribution in [3.8, 4) is 11.6 Å². The van der Waals surface area contributed by atoms with E-state index in [0.29, 0.717) is 24.7 Å². The minimum absolute atomic E-state index is 0.107. The zero-order valence-corrected chi connectivity index (χ0v) is 21.3. The molecule has 192 valence electrons. The molecule has 1 saturated heterocycles. The Balaban J connectivity index is 1.38. The zero-order valence-electron chi connectivity index (χ0n) is 20.5. The highest BCUT2D eigenvalue weighted by atomic mass is 32.1. The monoisotopic (exact) mass is 512 g/mol. The molecule has 0 radical (unpaired) electrons. The number of furan rings is 1. The van der Waals surface area contributed by atoms with Crippen LogP contribution in [0.2, 0.25) is 0 Å². The number of hydrogen-bond acceptors (Lipinski definition) is 8. The maximum atomic E-state index is 13.7. The van der Waals surface area contributed by atoms with E-state index in [2.05, 4.69) is 20.7 Å². The van der Waals surface area contributed by atoms with Crippen LogP contribution in [-0.2, 0) is 20.9 Å². The molecule has 2 amide bonds. The fourth-order valence-corrected chi connectivity index (χ4v) is 5.77. The van der Waals surface area contributed by atoms with Crippen molar-refractivity contribution >= 4 is 23.2 Å². The van der Waals surface area contributed by atoms with E-state index in [1.54, 1.807) is 11.0 Å². The summed E-state index contributed by atoms with van der Waals surface area (Å²) in [7, 11) is 0. The lowest BCUT2D eigenvalue weighted by atomic mass is 9.95. The summed E-state index contributed by atoms with van der Waals surface area (Å²) in [5.74, 6) is 1.14. The van der Waals surface area contributed by atoms with E-state index in [-0.39, 0.29) is 30.5 Å². The van der Waals surface area contributed by atoms with Crippen molar-refractivity contribution in [2.75, 3.05) is 13.2 Å². The third-order valence-corrected chi connectivity index (χ3v) is 7.68. The fraction of sp³-hybridized carbons (Fsp3) is 0.560. The number of carbonyl (C=O) groups is 2. The van der Waals surface area contributed by atoms with Gasteiger partial charge < -0.3 is 19.4 Å². The Kier molecular flexibility index (Phi) is 7.76. The third kappa shape index (κ3) is 5.84. The highest BCUT2D eigenvalue weighted by Crippen LogP contribution is 2.29. The Morgan fingerprint density at radius 2 is 2.06 bits per heavy atom. The van der Waals surface area contributed by atoms with Crippen molar-refractivity contribution in [3.05, 3.63) is 40.3 Å². The van der Waals surface area contributed by atoms with Gasteiger partial charge in [0.25, 0.3) is 0 Å². The van der Waals surface area contributed by atoms with Gasteiger partial charge in [0.1, 0.15) is 18.3 Å². The lowest BCUT2D eigenvalue weighted by Crippen LogP contribution is -2.49. The smallest absolute Gasteiger partial charge is 0.248 e. The van der Waals surface area contributed by atoms with Crippen molar-refractivity contribution in [1.82, 2.24) is 30.4 Å². The number of nitrogens with zero attached hydrogens (tertiary/aromatic N) is 5. The predicted octanol–water partition coefficient (Wildman–Crippen LogP) is 3.50. The van der Waals surface area contributed by atoms with Crippen LogP contribution < -0.4 is 5.32 Å². The number of thiophene rings is 1. The Hall–Kier alpha value is -3.05. The molecule has 0 spiro atoms. The molecule has 1 saturated carbocycles. The summed E-state index contributed by atoms with van der Waals surface area (Å²) in [5.41, 5.74) is 0. The topological polar surface area (TPSA) is 115 Å². The molecule has 2 unspecified atom stereocenters. The molecule has 0 bridgehead atoms. The van der Waals surface area contributed by atoms with Gasteiger partial charge in [0, 0.05) is 24.1 Å². The second kappa shape index (κ2) is 11.3. The number of ether oxygens (including phenoxy) is 1. The van der Waals surface area contributed by atoms with Crippen LogP contribution >= 0.6 is 11.3 Å². The van der Waals surface area contributed by atoms with Gasteiger partial charge in [0.15, 0.2) is 5.76 Å². The van der Waals surface area contributed by atoms with Gasteiger partial charge in [-0.2, -0.15) is 4.80 Å². The average Bonchev–Trinajstić information content (AvgIpc) is 3.68. The van der Waals surface area contributed by atoms with Gasteiger partial charge in [-0.15, -0.1) is 21.5 Å². The SMILES string of the molecule is Cc1ccc(-c2nnn(CC(=O)N(CC3CCCO3)C(C(=O)NC3CCCCC3)c3cccs3)n2)o1. The lowest BCUT2D eigenvalue weighted by Gasteiger charge is -2.33. The molecule has 3 aromatic heterocycles. The molecule has 10 nitrogen and oxygen atoms in total. The normalized spacial score (nSPS) is 19.3. The third-order valence-electron chi connectivity index (χ3n) is 6.76. The number of hydrogen-bond donors (Lipinski definition) is 1. The zero-order chi connectivity index (χ0) is 24.9. The highest BCUT2D eigenvalue weighted by molar-refractivity contribution is 7.10. The van der Waals surface area contributed by atoms with Gasteiger partial charge in [0.05, 0.1) is 6.10 Å². The molecule has 4 heterocycles. The first-order valence-corrected chi connectivity index (χ1v) is 13.5. The minimum atomic E-state index is -0.737. The van der Waals surface area contributed by atoms with E-state index < -0.39 is 6.04 Å². The summed E-state index contributed by atoms with van der Waals surface area (Å²) < 4.78 is 11.4. The summed E-state index contributed by atoms with van der Waals surface area (Å²) in [5, 5.41) is 17.6. The van der Waals surface area contributed by atoms with Crippen LogP contribution in [-0.4, -0.2) is 62.2 Å². The first kappa shape index (κ1) is 24.6. The van der Waals surface area contributed by atoms with Crippen molar-refractivity contribution in [2.45, 2.75) is 76.6 Å². The molecular formula is C25H32N6O4S. The van der Waals surface area contributed by atoms with Crippen LogP contribution in [0, 0.1) is 6.92 Å². The van der Waals surface area contributed by atoms with Crippen LogP contribution in [0.25, 0.3) is 11.6 Å². The van der Waals surface area contributed by atoms with Crippen molar-refractivity contribution in [1.29, 1.82) is 0 Å². The van der Waals surface area contributed by atoms with Gasteiger partial charge in [-0.1, -0.05) is 25.3 Å². The first-order valence-electron chi connectivity index (χ1n) is 12.7. The molecule has 0 aromatic carbocycles. The van der Waals surface area contributed by atoms with E-state index >= 15 is 0 Å². The molecule has 11 heteroatoms. The van der Waals surface area contributed by atoms with Crippen LogP contribution in [0.15, 0.2) is 34.1 Å². The van der Waals surface area contributed by atoms with Gasteiger partial charge in [-0.05, 0) is 61.4 Å². The summed E-state index contributed by atoms with van der Waals surface area (Å²) >= 11 is 1.48. The second-order valence-electron chi connectivity index (χ2n) is 9.50. The standard InChI is InChI=1S/C25H32N6O4S/c1-17-11-12-20(35-17)24-27-29-31(28-24)16-22(32)30(15-19-9-5-13-34-19)23(21-10-6-14-36-21)25(33)26-18-7-3-2-4-8-18/h6,10-12,14,18-19,23H,2-5,7-9,13,15-16H2,1H3,(H,26,33). The Morgan fingerprint density at radius 1 is 1.19 bits per heavy atom. The quantitative estimate of drug-likeness (QED) is 0.467. The van der Waals surface area contributed by atoms with Crippen LogP contribution in [0.5, 0.6) is 0 Å². The van der Waals surface area contributed by atoms with Crippen LogP contribution in [0.1, 0.15) is 61.6 Å². The Morgan fingerprint density at radius 3 is 2.75 bits per heavy atom. The average molecular weight is 513 g/mol. The highest BCUT2D eigenvalue weighted by Gasteiger charge is 2.36. The summed E-state index contributed by atoms with van der Waals surface area (Å²) in [6, 6.07) is 6.82. The molecule has 1 aliphatic heterocycles. The largest absolute Gasteiger partial charge is 0.458 e. The molecule has 3 aromatic rings. The van der Waals surface area contributed by atoms with Gasteiger partial charge in [-0.25, -0.2) is 0 Å². The van der Waals surface area contributed by atoms with E-state index in [9.17, 15) is 9.59 Å². The molecule has 5 rings (SSSR count). The molecule has 2 fully saturated rings. The minimum Gasteiger partial charge on any atom is -0.458 e. The summed E-state index contributed by atoms with van der Waals surface area (Å²) in [6.45, 7) is 2.70. The molecule has 1 aliphatic carbocycles. The number of tetrazole rings is 1. The number of aryl methyl sites for hydroxylation is 1. The number of aromatic nitrogens is 4. The van der Waals surface area contributed by atoms with E-state index in [4.69, 9.17) is 9.15 Å². The van der Waals surface area contributed by atoms with E-state index in [1.165, 1.54) is 22.6 Å². The fourth-order valence-electron chi connectivity index (χ4n) is 4.93. The van der Waals surface area contributed by atoms with Gasteiger partial charge in [-0.3, -0.25) is 9.59 Å². The van der Waals surface area contributed by atoms with Gasteiger partial charge in [0.2, 0.25) is 17.6 Å². The second-order valence-corrected chi connectivity index (χ2v) is 10.5. The van der Waals surface area contributed by atoms with Crippen LogP contribution in [0.4, 0.5) is 0 Å². The number of amides is 2. The van der Waals surface area contributed by atoms with Crippen LogP contribution in [0.3, 0.4) is 0 Å². The maximum absolute atomic E-state index is 13.7. The van der Waals surface area contributed by atoms with Gasteiger partial charge >= 0.3 is 0 Å². The summed E-state index contributed by atoms with van der Waals surface area (Å²) in [6.07, 6.45) is 7.07. The number of rotatable bonds is 9. The van der Waals surface area contributed by atoms with Crippen molar-refractivity contribution in [3.63, 3.8) is 0 Å². The number of nitrogens with one attached hydrogen (secondary N) is 1. The Bertz CT molecular complexity index is 1150. The van der Waals surface area contributed by atoms with E-state index in [1.807, 2.05) is 30.5 Å². The Labute approximate surface area is 214 Å². The predicted molar refractivity (Wildman–Crippen MR) is 133 cm³/mol.